The molecule has 166 valence electrons. The molecule has 2 rings (SSSR count). The Hall–Kier alpha value is -3.35. The first-order valence-electron chi connectivity index (χ1n) is 10.2. The Bertz CT molecular complexity index is 847. The van der Waals surface area contributed by atoms with Gasteiger partial charge >= 0.3 is 18.0 Å². The van der Waals surface area contributed by atoms with Crippen LogP contribution in [0.15, 0.2) is 60.7 Å². The maximum atomic E-state index is 12.6. The minimum atomic E-state index is -0.977. The summed E-state index contributed by atoms with van der Waals surface area (Å²) < 4.78 is 10.6. The SMILES string of the molecule is CC(C)(C)NC(=O)N[C@@H](CCC(=O)OCc1ccccc1)C(=O)OCc1ccccc1. The fraction of sp³-hybridized carbons (Fsp3) is 0.375. The minimum Gasteiger partial charge on any atom is -0.461 e. The number of esters is 2. The van der Waals surface area contributed by atoms with Gasteiger partial charge in [-0.2, -0.15) is 0 Å². The zero-order valence-corrected chi connectivity index (χ0v) is 18.2. The molecule has 0 aliphatic heterocycles. The average Bonchev–Trinajstić information content (AvgIpc) is 2.73. The summed E-state index contributed by atoms with van der Waals surface area (Å²) >= 11 is 0. The quantitative estimate of drug-likeness (QED) is 0.596. The number of hydrogen-bond acceptors (Lipinski definition) is 5. The van der Waals surface area contributed by atoms with Crippen molar-refractivity contribution in [3.05, 3.63) is 71.8 Å². The van der Waals surface area contributed by atoms with Gasteiger partial charge < -0.3 is 20.1 Å². The van der Waals surface area contributed by atoms with E-state index in [4.69, 9.17) is 9.47 Å². The van der Waals surface area contributed by atoms with E-state index in [2.05, 4.69) is 10.6 Å². The highest BCUT2D eigenvalue weighted by molar-refractivity contribution is 5.84. The van der Waals surface area contributed by atoms with Gasteiger partial charge in [0.1, 0.15) is 19.3 Å². The van der Waals surface area contributed by atoms with Crippen molar-refractivity contribution in [2.45, 2.75) is 58.4 Å². The van der Waals surface area contributed by atoms with Gasteiger partial charge in [-0.3, -0.25) is 4.79 Å². The van der Waals surface area contributed by atoms with Crippen molar-refractivity contribution in [2.75, 3.05) is 0 Å². The second-order valence-electron chi connectivity index (χ2n) is 8.18. The van der Waals surface area contributed by atoms with E-state index >= 15 is 0 Å². The Morgan fingerprint density at radius 2 is 1.35 bits per heavy atom. The number of hydrogen-bond donors (Lipinski definition) is 2. The monoisotopic (exact) mass is 426 g/mol. The van der Waals surface area contributed by atoms with E-state index in [9.17, 15) is 14.4 Å². The molecule has 7 heteroatoms. The lowest BCUT2D eigenvalue weighted by Gasteiger charge is -2.23. The van der Waals surface area contributed by atoms with Crippen molar-refractivity contribution < 1.29 is 23.9 Å². The van der Waals surface area contributed by atoms with E-state index in [-0.39, 0.29) is 26.1 Å². The summed E-state index contributed by atoms with van der Waals surface area (Å²) in [4.78, 5) is 37.0. The molecule has 2 aromatic rings. The highest BCUT2D eigenvalue weighted by atomic mass is 16.5. The molecule has 0 saturated heterocycles. The van der Waals surface area contributed by atoms with Crippen molar-refractivity contribution in [2.24, 2.45) is 0 Å². The van der Waals surface area contributed by atoms with E-state index in [1.54, 1.807) is 0 Å². The number of carbonyl (C=O) groups excluding carboxylic acids is 3. The fourth-order valence-corrected chi connectivity index (χ4v) is 2.69. The first-order chi connectivity index (χ1) is 14.7. The fourth-order valence-electron chi connectivity index (χ4n) is 2.69. The molecule has 0 fully saturated rings. The Kier molecular flexibility index (Phi) is 9.06. The number of amides is 2. The molecule has 0 aromatic heterocycles. The van der Waals surface area contributed by atoms with Crippen LogP contribution in [0.4, 0.5) is 4.79 Å². The Balaban J connectivity index is 1.91. The van der Waals surface area contributed by atoms with Crippen LogP contribution < -0.4 is 10.6 Å². The molecule has 0 aliphatic rings. The first-order valence-corrected chi connectivity index (χ1v) is 10.2. The zero-order valence-electron chi connectivity index (χ0n) is 18.2. The molecule has 0 aliphatic carbocycles. The number of urea groups is 1. The molecule has 1 atom stereocenters. The van der Waals surface area contributed by atoms with Crippen molar-refractivity contribution in [3.8, 4) is 0 Å². The van der Waals surface area contributed by atoms with Gasteiger partial charge in [0.25, 0.3) is 0 Å². The predicted octanol–water partition coefficient (Wildman–Crippen LogP) is 3.72. The topological polar surface area (TPSA) is 93.7 Å². The largest absolute Gasteiger partial charge is 0.461 e. The Morgan fingerprint density at radius 1 is 0.839 bits per heavy atom. The van der Waals surface area contributed by atoms with E-state index in [0.29, 0.717) is 0 Å². The van der Waals surface area contributed by atoms with E-state index in [0.717, 1.165) is 11.1 Å². The number of rotatable bonds is 9. The van der Waals surface area contributed by atoms with Gasteiger partial charge in [-0.1, -0.05) is 60.7 Å². The number of nitrogens with one attached hydrogen (secondary N) is 2. The molecule has 31 heavy (non-hydrogen) atoms. The van der Waals surface area contributed by atoms with Crippen LogP contribution in [0, 0.1) is 0 Å². The first kappa shape index (κ1) is 23.9. The molecule has 2 N–H and O–H groups in total. The third-order valence-electron chi connectivity index (χ3n) is 4.18. The number of ether oxygens (including phenoxy) is 2. The van der Waals surface area contributed by atoms with Crippen LogP contribution in [0.3, 0.4) is 0 Å². The van der Waals surface area contributed by atoms with E-state index in [1.165, 1.54) is 0 Å². The third kappa shape index (κ3) is 9.80. The summed E-state index contributed by atoms with van der Waals surface area (Å²) in [5.41, 5.74) is 1.23. The van der Waals surface area contributed by atoms with E-state index in [1.807, 2.05) is 81.4 Å². The lowest BCUT2D eigenvalue weighted by molar-refractivity contribution is -0.148. The molecule has 0 saturated carbocycles. The van der Waals surface area contributed by atoms with Gasteiger partial charge in [-0.05, 0) is 38.3 Å². The predicted molar refractivity (Wildman–Crippen MR) is 117 cm³/mol. The molecule has 0 unspecified atom stereocenters. The van der Waals surface area contributed by atoms with Gasteiger partial charge in [0.2, 0.25) is 0 Å². The maximum absolute atomic E-state index is 12.6. The van der Waals surface area contributed by atoms with Crippen molar-refractivity contribution in [3.63, 3.8) is 0 Å². The Labute approximate surface area is 183 Å². The summed E-state index contributed by atoms with van der Waals surface area (Å²) in [7, 11) is 0. The van der Waals surface area contributed by atoms with Crippen LogP contribution >= 0.6 is 0 Å². The van der Waals surface area contributed by atoms with Crippen LogP contribution in [0.5, 0.6) is 0 Å². The van der Waals surface area contributed by atoms with Crippen LogP contribution in [-0.2, 0) is 32.3 Å². The van der Waals surface area contributed by atoms with Gasteiger partial charge in [0.05, 0.1) is 0 Å². The average molecular weight is 427 g/mol. The number of benzene rings is 2. The molecule has 0 spiro atoms. The van der Waals surface area contributed by atoms with Crippen molar-refractivity contribution in [1.29, 1.82) is 0 Å². The van der Waals surface area contributed by atoms with E-state index < -0.39 is 29.6 Å². The lowest BCUT2D eigenvalue weighted by atomic mass is 10.1. The molecular formula is C24H30N2O5. The Morgan fingerprint density at radius 3 is 1.87 bits per heavy atom. The molecular weight excluding hydrogens is 396 g/mol. The second-order valence-corrected chi connectivity index (χ2v) is 8.18. The normalized spacial score (nSPS) is 11.8. The maximum Gasteiger partial charge on any atom is 0.329 e. The lowest BCUT2D eigenvalue weighted by Crippen LogP contribution is -2.52. The van der Waals surface area contributed by atoms with Crippen molar-refractivity contribution >= 4 is 18.0 Å². The van der Waals surface area contributed by atoms with Crippen LogP contribution in [0.25, 0.3) is 0 Å². The highest BCUT2D eigenvalue weighted by Gasteiger charge is 2.25. The summed E-state index contributed by atoms with van der Waals surface area (Å²) in [5.74, 6) is -1.06. The van der Waals surface area contributed by atoms with Gasteiger partial charge in [0.15, 0.2) is 0 Å². The molecule has 2 amide bonds. The van der Waals surface area contributed by atoms with Gasteiger partial charge in [-0.15, -0.1) is 0 Å². The number of carbonyl (C=O) groups is 3. The van der Waals surface area contributed by atoms with Crippen LogP contribution in [-0.4, -0.2) is 29.6 Å². The van der Waals surface area contributed by atoms with Crippen LogP contribution in [0.1, 0.15) is 44.7 Å². The zero-order chi connectivity index (χ0) is 22.7. The smallest absolute Gasteiger partial charge is 0.329 e. The second kappa shape index (κ2) is 11.7. The highest BCUT2D eigenvalue weighted by Crippen LogP contribution is 2.08. The molecule has 0 heterocycles. The van der Waals surface area contributed by atoms with Gasteiger partial charge in [0, 0.05) is 12.0 Å². The third-order valence-corrected chi connectivity index (χ3v) is 4.18. The molecule has 0 bridgehead atoms. The molecule has 0 radical (unpaired) electrons. The summed E-state index contributed by atoms with van der Waals surface area (Å²) in [6.07, 6.45) is 0.0343. The summed E-state index contributed by atoms with van der Waals surface area (Å²) in [6.45, 7) is 5.72. The summed E-state index contributed by atoms with van der Waals surface area (Å²) in [5, 5.41) is 5.34. The van der Waals surface area contributed by atoms with Crippen LogP contribution in [0.2, 0.25) is 0 Å². The van der Waals surface area contributed by atoms with Gasteiger partial charge in [-0.25, -0.2) is 9.59 Å². The standard InChI is InChI=1S/C24H30N2O5/c1-24(2,3)26-23(29)25-20(22(28)31-17-19-12-8-5-9-13-19)14-15-21(27)30-16-18-10-6-4-7-11-18/h4-13,20H,14-17H2,1-3H3,(H2,25,26,29)/t20-/m0/s1. The molecule has 7 nitrogen and oxygen atoms in total. The summed E-state index contributed by atoms with van der Waals surface area (Å²) in [6, 6.07) is 17.1. The minimum absolute atomic E-state index is 0.0340. The van der Waals surface area contributed by atoms with Crippen molar-refractivity contribution in [1.82, 2.24) is 10.6 Å². The molecule has 2 aromatic carbocycles.